The molecule has 0 spiro atoms. The quantitative estimate of drug-likeness (QED) is 0.880. The second-order valence-electron chi connectivity index (χ2n) is 6.33. The third kappa shape index (κ3) is 4.03. The second kappa shape index (κ2) is 6.85. The molecule has 0 amide bonds. The molecule has 1 aliphatic rings. The summed E-state index contributed by atoms with van der Waals surface area (Å²) in [5.74, 6) is 2.50. The zero-order valence-electron chi connectivity index (χ0n) is 12.8. The van der Waals surface area contributed by atoms with Crippen molar-refractivity contribution in [2.24, 2.45) is 17.8 Å². The molecule has 1 aromatic heterocycles. The van der Waals surface area contributed by atoms with Gasteiger partial charge in [-0.05, 0) is 50.5 Å². The summed E-state index contributed by atoms with van der Waals surface area (Å²) in [5.41, 5.74) is 1.18. The number of thiazole rings is 1. The van der Waals surface area contributed by atoms with Crippen molar-refractivity contribution in [2.75, 3.05) is 6.54 Å². The molecule has 1 fully saturated rings. The van der Waals surface area contributed by atoms with Gasteiger partial charge >= 0.3 is 0 Å². The van der Waals surface area contributed by atoms with Crippen molar-refractivity contribution in [3.63, 3.8) is 0 Å². The summed E-state index contributed by atoms with van der Waals surface area (Å²) < 4.78 is 0. The standard InChI is InChI=1S/C16H28N2S/c1-5-17-15-7-6-13(11(2)3)8-14(15)9-16-18-12(4)10-19-16/h10-11,13-15,17H,5-9H2,1-4H3. The van der Waals surface area contributed by atoms with Crippen LogP contribution in [0.5, 0.6) is 0 Å². The highest BCUT2D eigenvalue weighted by atomic mass is 32.1. The highest BCUT2D eigenvalue weighted by Gasteiger charge is 2.31. The van der Waals surface area contributed by atoms with Crippen LogP contribution in [0.15, 0.2) is 5.38 Å². The van der Waals surface area contributed by atoms with Crippen LogP contribution >= 0.6 is 11.3 Å². The summed E-state index contributed by atoms with van der Waals surface area (Å²) in [6.45, 7) is 10.2. The van der Waals surface area contributed by atoms with E-state index in [0.29, 0.717) is 6.04 Å². The fraction of sp³-hybridized carbons (Fsp3) is 0.812. The minimum Gasteiger partial charge on any atom is -0.314 e. The van der Waals surface area contributed by atoms with Crippen molar-refractivity contribution in [1.82, 2.24) is 10.3 Å². The smallest absolute Gasteiger partial charge is 0.0931 e. The van der Waals surface area contributed by atoms with Crippen molar-refractivity contribution in [2.45, 2.75) is 59.4 Å². The first-order valence-corrected chi connectivity index (χ1v) is 8.62. The van der Waals surface area contributed by atoms with Gasteiger partial charge in [0.05, 0.1) is 5.01 Å². The maximum absolute atomic E-state index is 4.66. The summed E-state index contributed by atoms with van der Waals surface area (Å²) in [5, 5.41) is 7.21. The van der Waals surface area contributed by atoms with Crippen molar-refractivity contribution in [3.8, 4) is 0 Å². The number of hydrogen-bond donors (Lipinski definition) is 1. The Morgan fingerprint density at radius 3 is 2.79 bits per heavy atom. The van der Waals surface area contributed by atoms with Crippen LogP contribution in [0.3, 0.4) is 0 Å². The number of hydrogen-bond acceptors (Lipinski definition) is 3. The van der Waals surface area contributed by atoms with Gasteiger partial charge in [0, 0.05) is 23.5 Å². The van der Waals surface area contributed by atoms with Gasteiger partial charge < -0.3 is 5.32 Å². The Morgan fingerprint density at radius 1 is 1.42 bits per heavy atom. The lowest BCUT2D eigenvalue weighted by Gasteiger charge is -2.38. The zero-order valence-corrected chi connectivity index (χ0v) is 13.6. The van der Waals surface area contributed by atoms with E-state index >= 15 is 0 Å². The van der Waals surface area contributed by atoms with Crippen LogP contribution in [0, 0.1) is 24.7 Å². The topological polar surface area (TPSA) is 24.9 Å². The lowest BCUT2D eigenvalue weighted by molar-refractivity contribution is 0.169. The van der Waals surface area contributed by atoms with E-state index in [1.165, 1.54) is 36.4 Å². The third-order valence-electron chi connectivity index (χ3n) is 4.54. The van der Waals surface area contributed by atoms with E-state index in [-0.39, 0.29) is 0 Å². The van der Waals surface area contributed by atoms with Crippen LogP contribution < -0.4 is 5.32 Å². The first kappa shape index (κ1) is 15.0. The molecule has 0 aromatic carbocycles. The molecule has 1 N–H and O–H groups in total. The summed E-state index contributed by atoms with van der Waals surface area (Å²) in [4.78, 5) is 4.66. The van der Waals surface area contributed by atoms with Gasteiger partial charge in [-0.3, -0.25) is 0 Å². The molecule has 0 bridgehead atoms. The molecule has 19 heavy (non-hydrogen) atoms. The highest BCUT2D eigenvalue weighted by molar-refractivity contribution is 7.09. The normalized spacial score (nSPS) is 27.9. The molecule has 2 nitrogen and oxygen atoms in total. The van der Waals surface area contributed by atoms with Gasteiger partial charge in [-0.2, -0.15) is 0 Å². The lowest BCUT2D eigenvalue weighted by Crippen LogP contribution is -2.42. The molecular formula is C16H28N2S. The number of aromatic nitrogens is 1. The Bertz CT molecular complexity index is 386. The SMILES string of the molecule is CCNC1CCC(C(C)C)CC1Cc1nc(C)cs1. The molecule has 3 heteroatoms. The lowest BCUT2D eigenvalue weighted by atomic mass is 9.72. The molecule has 1 heterocycles. The molecule has 2 rings (SSSR count). The first-order valence-electron chi connectivity index (χ1n) is 7.74. The fourth-order valence-electron chi connectivity index (χ4n) is 3.38. The predicted molar refractivity (Wildman–Crippen MR) is 83.7 cm³/mol. The maximum Gasteiger partial charge on any atom is 0.0931 e. The molecular weight excluding hydrogens is 252 g/mol. The minimum absolute atomic E-state index is 0.698. The van der Waals surface area contributed by atoms with Gasteiger partial charge in [0.25, 0.3) is 0 Å². The average Bonchev–Trinajstić information content (AvgIpc) is 2.77. The van der Waals surface area contributed by atoms with E-state index in [1.54, 1.807) is 0 Å². The number of nitrogens with zero attached hydrogens (tertiary/aromatic N) is 1. The first-order chi connectivity index (χ1) is 9.10. The Kier molecular flexibility index (Phi) is 5.40. The zero-order chi connectivity index (χ0) is 13.8. The molecule has 0 radical (unpaired) electrons. The summed E-state index contributed by atoms with van der Waals surface area (Å²) in [6, 6.07) is 0.698. The third-order valence-corrected chi connectivity index (χ3v) is 5.52. The van der Waals surface area contributed by atoms with E-state index in [0.717, 1.165) is 24.3 Å². The van der Waals surface area contributed by atoms with Gasteiger partial charge in [-0.15, -0.1) is 11.3 Å². The summed E-state index contributed by atoms with van der Waals surface area (Å²) in [7, 11) is 0. The fourth-order valence-corrected chi connectivity index (χ4v) is 4.25. The molecule has 1 aromatic rings. The molecule has 1 aliphatic carbocycles. The van der Waals surface area contributed by atoms with Crippen molar-refractivity contribution >= 4 is 11.3 Å². The van der Waals surface area contributed by atoms with Crippen LogP contribution in [-0.4, -0.2) is 17.6 Å². The van der Waals surface area contributed by atoms with Gasteiger partial charge in [0.15, 0.2) is 0 Å². The Labute approximate surface area is 122 Å². The Hall–Kier alpha value is -0.410. The molecule has 1 saturated carbocycles. The van der Waals surface area contributed by atoms with Crippen molar-refractivity contribution < 1.29 is 0 Å². The van der Waals surface area contributed by atoms with E-state index in [9.17, 15) is 0 Å². The Morgan fingerprint density at radius 2 is 2.21 bits per heavy atom. The molecule has 3 atom stereocenters. The van der Waals surface area contributed by atoms with Crippen molar-refractivity contribution in [3.05, 3.63) is 16.1 Å². The summed E-state index contributed by atoms with van der Waals surface area (Å²) in [6.07, 6.45) is 5.27. The van der Waals surface area contributed by atoms with E-state index < -0.39 is 0 Å². The van der Waals surface area contributed by atoms with Crippen molar-refractivity contribution in [1.29, 1.82) is 0 Å². The minimum atomic E-state index is 0.698. The van der Waals surface area contributed by atoms with Gasteiger partial charge in [0.2, 0.25) is 0 Å². The van der Waals surface area contributed by atoms with Crippen LogP contribution in [0.1, 0.15) is 50.7 Å². The van der Waals surface area contributed by atoms with Gasteiger partial charge in [-0.25, -0.2) is 4.98 Å². The number of nitrogens with one attached hydrogen (secondary N) is 1. The second-order valence-corrected chi connectivity index (χ2v) is 7.27. The van der Waals surface area contributed by atoms with Crippen LogP contribution in [-0.2, 0) is 6.42 Å². The molecule has 3 unspecified atom stereocenters. The number of aryl methyl sites for hydroxylation is 1. The Balaban J connectivity index is 2.02. The molecule has 0 saturated heterocycles. The van der Waals surface area contributed by atoms with Crippen LogP contribution in [0.4, 0.5) is 0 Å². The van der Waals surface area contributed by atoms with Gasteiger partial charge in [0.1, 0.15) is 0 Å². The van der Waals surface area contributed by atoms with E-state index in [1.807, 2.05) is 11.3 Å². The molecule has 0 aliphatic heterocycles. The highest BCUT2D eigenvalue weighted by Crippen LogP contribution is 2.36. The predicted octanol–water partition coefficient (Wildman–Crippen LogP) is 4.04. The molecule has 108 valence electrons. The largest absolute Gasteiger partial charge is 0.314 e. The van der Waals surface area contributed by atoms with E-state index in [2.05, 4.69) is 43.4 Å². The van der Waals surface area contributed by atoms with Crippen LogP contribution in [0.2, 0.25) is 0 Å². The van der Waals surface area contributed by atoms with E-state index in [4.69, 9.17) is 0 Å². The monoisotopic (exact) mass is 280 g/mol. The maximum atomic E-state index is 4.66. The number of rotatable bonds is 5. The van der Waals surface area contributed by atoms with Gasteiger partial charge in [-0.1, -0.05) is 20.8 Å². The average molecular weight is 280 g/mol. The summed E-state index contributed by atoms with van der Waals surface area (Å²) >= 11 is 1.83. The van der Waals surface area contributed by atoms with Crippen LogP contribution in [0.25, 0.3) is 0 Å².